The van der Waals surface area contributed by atoms with E-state index in [4.69, 9.17) is 9.47 Å². The molecule has 7 nitrogen and oxygen atoms in total. The molecule has 0 spiro atoms. The second-order valence-corrected chi connectivity index (χ2v) is 7.77. The molecule has 1 saturated carbocycles. The summed E-state index contributed by atoms with van der Waals surface area (Å²) in [5.74, 6) is -0.115. The molecule has 2 aliphatic rings. The first-order chi connectivity index (χ1) is 12.5. The number of ether oxygens (including phenoxy) is 2. The standard InChI is InChI=1S/C19H31N3O4/c1-13-10-15-16(14(2)26-13)21-22(8-9-25-3)17(15)18(24)20-11-19(12-23)6-4-5-7-19/h13-14,23H,4-12H2,1-3H3,(H,20,24)/t13-,14+/m0/s1. The summed E-state index contributed by atoms with van der Waals surface area (Å²) in [5.41, 5.74) is 2.28. The number of nitrogens with one attached hydrogen (secondary N) is 1. The smallest absolute Gasteiger partial charge is 0.269 e. The summed E-state index contributed by atoms with van der Waals surface area (Å²) >= 11 is 0. The Morgan fingerprint density at radius 3 is 2.81 bits per heavy atom. The van der Waals surface area contributed by atoms with Crippen LogP contribution in [0.15, 0.2) is 0 Å². The van der Waals surface area contributed by atoms with Gasteiger partial charge in [-0.3, -0.25) is 9.48 Å². The molecule has 1 aromatic heterocycles. The predicted octanol–water partition coefficient (Wildman–Crippen LogP) is 1.83. The maximum atomic E-state index is 13.1. The number of carbonyl (C=O) groups is 1. The van der Waals surface area contributed by atoms with E-state index in [9.17, 15) is 9.90 Å². The molecule has 1 aliphatic carbocycles. The summed E-state index contributed by atoms with van der Waals surface area (Å²) in [6, 6.07) is 0. The van der Waals surface area contributed by atoms with Gasteiger partial charge in [0.25, 0.3) is 5.91 Å². The first-order valence-electron chi connectivity index (χ1n) is 9.63. The van der Waals surface area contributed by atoms with Crippen molar-refractivity contribution in [1.29, 1.82) is 0 Å². The van der Waals surface area contributed by atoms with Gasteiger partial charge < -0.3 is 19.9 Å². The van der Waals surface area contributed by atoms with Crippen LogP contribution in [0.3, 0.4) is 0 Å². The van der Waals surface area contributed by atoms with E-state index < -0.39 is 0 Å². The van der Waals surface area contributed by atoms with Crippen molar-refractivity contribution in [2.75, 3.05) is 26.9 Å². The molecule has 2 atom stereocenters. The van der Waals surface area contributed by atoms with Crippen LogP contribution >= 0.6 is 0 Å². The molecule has 1 fully saturated rings. The molecule has 3 rings (SSSR count). The number of aromatic nitrogens is 2. The van der Waals surface area contributed by atoms with Gasteiger partial charge in [-0.2, -0.15) is 5.10 Å². The Morgan fingerprint density at radius 2 is 2.15 bits per heavy atom. The number of aliphatic hydroxyl groups excluding tert-OH is 1. The lowest BCUT2D eigenvalue weighted by atomic mass is 9.87. The molecule has 1 aromatic rings. The SMILES string of the molecule is COCCn1nc2c(c1C(=O)NCC1(CO)CCCC1)C[C@H](C)O[C@@H]2C. The highest BCUT2D eigenvalue weighted by Gasteiger charge is 2.36. The highest BCUT2D eigenvalue weighted by molar-refractivity contribution is 5.94. The van der Waals surface area contributed by atoms with Crippen molar-refractivity contribution in [2.45, 2.75) is 64.7 Å². The number of carbonyl (C=O) groups excluding carboxylic acids is 1. The van der Waals surface area contributed by atoms with Gasteiger partial charge in [-0.05, 0) is 26.7 Å². The van der Waals surface area contributed by atoms with E-state index in [1.165, 1.54) is 0 Å². The van der Waals surface area contributed by atoms with Crippen LogP contribution < -0.4 is 5.32 Å². The van der Waals surface area contributed by atoms with Crippen LogP contribution in [0.4, 0.5) is 0 Å². The summed E-state index contributed by atoms with van der Waals surface area (Å²) in [6.45, 7) is 5.64. The van der Waals surface area contributed by atoms with Gasteiger partial charge in [0, 0.05) is 31.1 Å². The van der Waals surface area contributed by atoms with Crippen molar-refractivity contribution in [3.05, 3.63) is 17.0 Å². The fraction of sp³-hybridized carbons (Fsp3) is 0.789. The summed E-state index contributed by atoms with van der Waals surface area (Å²) in [6.07, 6.45) is 4.78. The predicted molar refractivity (Wildman–Crippen MR) is 97.1 cm³/mol. The highest BCUT2D eigenvalue weighted by Crippen LogP contribution is 2.37. The maximum Gasteiger partial charge on any atom is 0.269 e. The first kappa shape index (κ1) is 19.3. The monoisotopic (exact) mass is 365 g/mol. The second-order valence-electron chi connectivity index (χ2n) is 7.77. The summed E-state index contributed by atoms with van der Waals surface area (Å²) in [7, 11) is 1.64. The van der Waals surface area contributed by atoms with Crippen molar-refractivity contribution in [2.24, 2.45) is 5.41 Å². The third-order valence-electron chi connectivity index (χ3n) is 5.74. The fourth-order valence-corrected chi connectivity index (χ4v) is 4.26. The Morgan fingerprint density at radius 1 is 1.42 bits per heavy atom. The fourth-order valence-electron chi connectivity index (χ4n) is 4.26. The molecular weight excluding hydrogens is 334 g/mol. The van der Waals surface area contributed by atoms with E-state index in [0.29, 0.717) is 31.8 Å². The van der Waals surface area contributed by atoms with Crippen molar-refractivity contribution < 1.29 is 19.4 Å². The Labute approximate surface area is 155 Å². The third kappa shape index (κ3) is 3.80. The highest BCUT2D eigenvalue weighted by atomic mass is 16.5. The largest absolute Gasteiger partial charge is 0.396 e. The van der Waals surface area contributed by atoms with Crippen LogP contribution in [0.25, 0.3) is 0 Å². The van der Waals surface area contributed by atoms with Gasteiger partial charge in [0.2, 0.25) is 0 Å². The van der Waals surface area contributed by atoms with Gasteiger partial charge in [0.05, 0.1) is 37.7 Å². The molecule has 0 radical (unpaired) electrons. The molecule has 0 bridgehead atoms. The molecule has 1 aliphatic heterocycles. The van der Waals surface area contributed by atoms with E-state index >= 15 is 0 Å². The summed E-state index contributed by atoms with van der Waals surface area (Å²) < 4.78 is 12.8. The van der Waals surface area contributed by atoms with Crippen LogP contribution in [-0.4, -0.2) is 53.8 Å². The van der Waals surface area contributed by atoms with Crippen LogP contribution in [0, 0.1) is 5.41 Å². The van der Waals surface area contributed by atoms with Crippen LogP contribution in [0.5, 0.6) is 0 Å². The zero-order chi connectivity index (χ0) is 18.7. The summed E-state index contributed by atoms with van der Waals surface area (Å²) in [5, 5.41) is 17.5. The lowest BCUT2D eigenvalue weighted by molar-refractivity contribution is -0.00717. The maximum absolute atomic E-state index is 13.1. The lowest BCUT2D eigenvalue weighted by Crippen LogP contribution is -2.39. The van der Waals surface area contributed by atoms with E-state index in [0.717, 1.165) is 36.9 Å². The molecule has 7 heteroatoms. The number of fused-ring (bicyclic) bond motifs is 1. The Kier molecular flexibility index (Phi) is 5.99. The molecule has 26 heavy (non-hydrogen) atoms. The number of hydrogen-bond donors (Lipinski definition) is 2. The Balaban J connectivity index is 1.83. The third-order valence-corrected chi connectivity index (χ3v) is 5.74. The molecule has 146 valence electrons. The van der Waals surface area contributed by atoms with E-state index in [-0.39, 0.29) is 30.1 Å². The van der Waals surface area contributed by atoms with Crippen molar-refractivity contribution in [3.8, 4) is 0 Å². The minimum absolute atomic E-state index is 0.0581. The van der Waals surface area contributed by atoms with Gasteiger partial charge in [-0.15, -0.1) is 0 Å². The minimum Gasteiger partial charge on any atom is -0.396 e. The van der Waals surface area contributed by atoms with Crippen LogP contribution in [0.2, 0.25) is 0 Å². The summed E-state index contributed by atoms with van der Waals surface area (Å²) in [4.78, 5) is 13.1. The Bertz CT molecular complexity index is 637. The van der Waals surface area contributed by atoms with E-state index in [2.05, 4.69) is 10.4 Å². The number of aliphatic hydroxyl groups is 1. The van der Waals surface area contributed by atoms with Gasteiger partial charge in [0.1, 0.15) is 5.69 Å². The van der Waals surface area contributed by atoms with Crippen molar-refractivity contribution in [1.82, 2.24) is 15.1 Å². The van der Waals surface area contributed by atoms with E-state index in [1.54, 1.807) is 11.8 Å². The Hall–Kier alpha value is -1.44. The molecule has 0 aromatic carbocycles. The minimum atomic E-state index is -0.170. The first-order valence-corrected chi connectivity index (χ1v) is 9.63. The van der Waals surface area contributed by atoms with Gasteiger partial charge in [-0.25, -0.2) is 0 Å². The molecule has 2 N–H and O–H groups in total. The van der Waals surface area contributed by atoms with Gasteiger partial charge in [0.15, 0.2) is 0 Å². The van der Waals surface area contributed by atoms with Crippen LogP contribution in [-0.2, 0) is 22.4 Å². The molecular formula is C19H31N3O4. The van der Waals surface area contributed by atoms with E-state index in [1.807, 2.05) is 13.8 Å². The number of rotatable bonds is 7. The second kappa shape index (κ2) is 8.06. The van der Waals surface area contributed by atoms with Crippen molar-refractivity contribution >= 4 is 5.91 Å². The zero-order valence-corrected chi connectivity index (χ0v) is 16.1. The molecule has 0 saturated heterocycles. The normalized spacial score (nSPS) is 24.5. The number of hydrogen-bond acceptors (Lipinski definition) is 5. The lowest BCUT2D eigenvalue weighted by Gasteiger charge is -2.27. The average molecular weight is 365 g/mol. The molecule has 2 heterocycles. The average Bonchev–Trinajstić information content (AvgIpc) is 3.23. The molecule has 0 unspecified atom stereocenters. The number of methoxy groups -OCH3 is 1. The number of amides is 1. The topological polar surface area (TPSA) is 85.6 Å². The quantitative estimate of drug-likeness (QED) is 0.770. The number of nitrogens with zero attached hydrogens (tertiary/aromatic N) is 2. The van der Waals surface area contributed by atoms with Crippen LogP contribution in [0.1, 0.15) is 67.4 Å². The molecule has 1 amide bonds. The van der Waals surface area contributed by atoms with Gasteiger partial charge >= 0.3 is 0 Å². The zero-order valence-electron chi connectivity index (χ0n) is 16.1. The van der Waals surface area contributed by atoms with Crippen molar-refractivity contribution in [3.63, 3.8) is 0 Å². The van der Waals surface area contributed by atoms with Gasteiger partial charge in [-0.1, -0.05) is 12.8 Å².